The molecule has 1 amide bonds. The highest BCUT2D eigenvalue weighted by atomic mass is 35.5. The molecule has 6 heteroatoms. The number of carbonyl (C=O) groups is 1. The van der Waals surface area contributed by atoms with E-state index in [1.807, 2.05) is 36.5 Å². The Morgan fingerprint density at radius 3 is 2.55 bits per heavy atom. The quantitative estimate of drug-likeness (QED) is 0.545. The summed E-state index contributed by atoms with van der Waals surface area (Å²) < 4.78 is 0. The fraction of sp³-hybridized carbons (Fsp3) is 0.348. The van der Waals surface area contributed by atoms with Crippen LogP contribution < -0.4 is 5.32 Å². The third kappa shape index (κ3) is 4.07. The highest BCUT2D eigenvalue weighted by Gasteiger charge is 2.38. The average Bonchev–Trinajstić information content (AvgIpc) is 3.36. The molecule has 1 aliphatic rings. The summed E-state index contributed by atoms with van der Waals surface area (Å²) in [4.78, 5) is 22.6. The van der Waals surface area contributed by atoms with Crippen molar-refractivity contribution in [2.75, 3.05) is 0 Å². The lowest BCUT2D eigenvalue weighted by Gasteiger charge is -2.29. The Morgan fingerprint density at radius 2 is 1.90 bits per heavy atom. The summed E-state index contributed by atoms with van der Waals surface area (Å²) in [5.74, 6) is -0.00739. The van der Waals surface area contributed by atoms with Crippen LogP contribution in [0.4, 0.5) is 0 Å². The number of nitrogens with one attached hydrogen (secondary N) is 1. The molecule has 0 radical (unpaired) electrons. The van der Waals surface area contributed by atoms with E-state index in [-0.39, 0.29) is 11.4 Å². The summed E-state index contributed by atoms with van der Waals surface area (Å²) in [6.45, 7) is 3.70. The van der Waals surface area contributed by atoms with Crippen LogP contribution in [-0.4, -0.2) is 15.9 Å². The zero-order chi connectivity index (χ0) is 20.4. The summed E-state index contributed by atoms with van der Waals surface area (Å²) in [5.41, 5.74) is 3.70. The minimum absolute atomic E-state index is 0.00739. The second kappa shape index (κ2) is 8.25. The van der Waals surface area contributed by atoms with Crippen molar-refractivity contribution >= 4 is 28.8 Å². The number of amides is 1. The molecule has 150 valence electrons. The van der Waals surface area contributed by atoms with E-state index in [4.69, 9.17) is 16.6 Å². The van der Waals surface area contributed by atoms with Crippen molar-refractivity contribution in [1.82, 2.24) is 15.3 Å². The van der Waals surface area contributed by atoms with Crippen molar-refractivity contribution < 1.29 is 4.79 Å². The van der Waals surface area contributed by atoms with Gasteiger partial charge in [0.05, 0.1) is 26.8 Å². The first-order valence-electron chi connectivity index (χ1n) is 10.0. The summed E-state index contributed by atoms with van der Waals surface area (Å²) in [7, 11) is 0. The standard InChI is InChI=1S/C23H24ClN3OS/c1-3-20-26-21(16-6-8-18(24)9-7-16)22(29-20)17-10-13-25-19(14-17)23(27-15(2)28)11-4-5-12-23/h6-10,13-14H,3-5,11-12H2,1-2H3,(H,27,28). The minimum Gasteiger partial charge on any atom is -0.345 e. The van der Waals surface area contributed by atoms with Gasteiger partial charge in [-0.2, -0.15) is 0 Å². The number of aromatic nitrogens is 2. The first-order valence-corrected chi connectivity index (χ1v) is 11.2. The smallest absolute Gasteiger partial charge is 0.217 e. The van der Waals surface area contributed by atoms with Gasteiger partial charge in [0.15, 0.2) is 0 Å². The number of pyridine rings is 1. The predicted octanol–water partition coefficient (Wildman–Crippen LogP) is 5.99. The number of carbonyl (C=O) groups excluding carboxylic acids is 1. The average molecular weight is 426 g/mol. The molecule has 1 N–H and O–H groups in total. The number of aryl methyl sites for hydroxylation is 1. The lowest BCUT2D eigenvalue weighted by Crippen LogP contribution is -2.43. The van der Waals surface area contributed by atoms with Gasteiger partial charge in [0.25, 0.3) is 0 Å². The highest BCUT2D eigenvalue weighted by molar-refractivity contribution is 7.15. The normalized spacial score (nSPS) is 15.4. The van der Waals surface area contributed by atoms with Crippen LogP contribution in [0.3, 0.4) is 0 Å². The molecule has 0 bridgehead atoms. The zero-order valence-corrected chi connectivity index (χ0v) is 18.2. The Morgan fingerprint density at radius 1 is 1.17 bits per heavy atom. The van der Waals surface area contributed by atoms with Gasteiger partial charge in [-0.1, -0.05) is 43.5 Å². The second-order valence-electron chi connectivity index (χ2n) is 7.55. The summed E-state index contributed by atoms with van der Waals surface area (Å²) in [5, 5.41) is 5.00. The Hall–Kier alpha value is -2.24. The van der Waals surface area contributed by atoms with Crippen LogP contribution in [0.2, 0.25) is 5.02 Å². The maximum absolute atomic E-state index is 11.9. The molecule has 0 atom stereocenters. The zero-order valence-electron chi connectivity index (χ0n) is 16.7. The van der Waals surface area contributed by atoms with Crippen molar-refractivity contribution in [2.45, 2.75) is 51.5 Å². The molecule has 1 aromatic carbocycles. The highest BCUT2D eigenvalue weighted by Crippen LogP contribution is 2.41. The summed E-state index contributed by atoms with van der Waals surface area (Å²) in [6, 6.07) is 12.0. The van der Waals surface area contributed by atoms with E-state index in [9.17, 15) is 4.79 Å². The molecule has 3 aromatic rings. The molecule has 4 nitrogen and oxygen atoms in total. The van der Waals surface area contributed by atoms with Gasteiger partial charge in [0, 0.05) is 23.7 Å². The maximum atomic E-state index is 11.9. The van der Waals surface area contributed by atoms with E-state index in [1.165, 1.54) is 0 Å². The molecule has 1 saturated carbocycles. The van der Waals surface area contributed by atoms with Crippen molar-refractivity contribution in [2.24, 2.45) is 0 Å². The Bertz CT molecular complexity index is 1020. The second-order valence-corrected chi connectivity index (χ2v) is 9.07. The number of thiazole rings is 1. The lowest BCUT2D eigenvalue weighted by atomic mass is 9.91. The van der Waals surface area contributed by atoms with Crippen molar-refractivity contribution in [3.8, 4) is 21.7 Å². The molecule has 29 heavy (non-hydrogen) atoms. The lowest BCUT2D eigenvalue weighted by molar-refractivity contribution is -0.121. The van der Waals surface area contributed by atoms with E-state index in [0.29, 0.717) is 5.02 Å². The van der Waals surface area contributed by atoms with Crippen LogP contribution >= 0.6 is 22.9 Å². The SMILES string of the molecule is CCc1nc(-c2ccc(Cl)cc2)c(-c2ccnc(C3(NC(C)=O)CCCC3)c2)s1. The molecule has 2 heterocycles. The van der Waals surface area contributed by atoms with Crippen LogP contribution in [0.1, 0.15) is 50.2 Å². The summed E-state index contributed by atoms with van der Waals surface area (Å²) in [6.07, 6.45) is 6.79. The van der Waals surface area contributed by atoms with Gasteiger partial charge in [0.1, 0.15) is 0 Å². The van der Waals surface area contributed by atoms with Crippen LogP contribution in [0.25, 0.3) is 21.7 Å². The third-order valence-electron chi connectivity index (χ3n) is 5.48. The van der Waals surface area contributed by atoms with Crippen LogP contribution in [0.5, 0.6) is 0 Å². The predicted molar refractivity (Wildman–Crippen MR) is 119 cm³/mol. The number of nitrogens with zero attached hydrogens (tertiary/aromatic N) is 2. The van der Waals surface area contributed by atoms with Crippen molar-refractivity contribution in [3.63, 3.8) is 0 Å². The van der Waals surface area contributed by atoms with E-state index < -0.39 is 0 Å². The van der Waals surface area contributed by atoms with Crippen LogP contribution in [0, 0.1) is 0 Å². The van der Waals surface area contributed by atoms with E-state index >= 15 is 0 Å². The van der Waals surface area contributed by atoms with Gasteiger partial charge in [0.2, 0.25) is 5.91 Å². The largest absolute Gasteiger partial charge is 0.345 e. The minimum atomic E-state index is -0.361. The van der Waals surface area contributed by atoms with E-state index in [2.05, 4.69) is 23.3 Å². The van der Waals surface area contributed by atoms with Crippen LogP contribution in [0.15, 0.2) is 42.6 Å². The molecular formula is C23H24ClN3OS. The van der Waals surface area contributed by atoms with Gasteiger partial charge in [-0.05, 0) is 49.1 Å². The first-order chi connectivity index (χ1) is 14.0. The van der Waals surface area contributed by atoms with E-state index in [0.717, 1.165) is 64.5 Å². The van der Waals surface area contributed by atoms with Gasteiger partial charge in [-0.3, -0.25) is 9.78 Å². The number of rotatable bonds is 5. The van der Waals surface area contributed by atoms with Crippen LogP contribution in [-0.2, 0) is 16.8 Å². The summed E-state index contributed by atoms with van der Waals surface area (Å²) >= 11 is 7.79. The van der Waals surface area contributed by atoms with E-state index in [1.54, 1.807) is 18.3 Å². The van der Waals surface area contributed by atoms with Gasteiger partial charge in [-0.15, -0.1) is 11.3 Å². The Balaban J connectivity index is 1.80. The monoisotopic (exact) mass is 425 g/mol. The van der Waals surface area contributed by atoms with Gasteiger partial charge >= 0.3 is 0 Å². The number of halogens is 1. The fourth-order valence-corrected chi connectivity index (χ4v) is 5.26. The van der Waals surface area contributed by atoms with Crippen molar-refractivity contribution in [3.05, 3.63) is 58.3 Å². The van der Waals surface area contributed by atoms with Gasteiger partial charge in [-0.25, -0.2) is 4.98 Å². The molecular weight excluding hydrogens is 402 g/mol. The molecule has 1 fully saturated rings. The fourth-order valence-electron chi connectivity index (χ4n) is 4.11. The van der Waals surface area contributed by atoms with Gasteiger partial charge < -0.3 is 5.32 Å². The third-order valence-corrected chi connectivity index (χ3v) is 6.98. The molecule has 2 aromatic heterocycles. The first kappa shape index (κ1) is 20.0. The number of hydrogen-bond acceptors (Lipinski definition) is 4. The molecule has 0 unspecified atom stereocenters. The topological polar surface area (TPSA) is 54.9 Å². The maximum Gasteiger partial charge on any atom is 0.217 e. The Labute approximate surface area is 180 Å². The molecule has 4 rings (SSSR count). The van der Waals surface area contributed by atoms with Crippen molar-refractivity contribution in [1.29, 1.82) is 0 Å². The number of hydrogen-bond donors (Lipinski definition) is 1. The number of benzene rings is 1. The molecule has 0 saturated heterocycles. The molecule has 1 aliphatic carbocycles. The molecule has 0 spiro atoms. The Kier molecular flexibility index (Phi) is 5.70. The molecule has 0 aliphatic heterocycles.